The van der Waals surface area contributed by atoms with Crippen molar-refractivity contribution in [2.75, 3.05) is 23.4 Å². The van der Waals surface area contributed by atoms with Crippen molar-refractivity contribution in [3.05, 3.63) is 104 Å². The van der Waals surface area contributed by atoms with E-state index >= 15 is 0 Å². The first-order valence-corrected chi connectivity index (χ1v) is 13.4. The van der Waals surface area contributed by atoms with Crippen molar-refractivity contribution in [2.24, 2.45) is 0 Å². The number of rotatable bonds is 4. The van der Waals surface area contributed by atoms with Crippen molar-refractivity contribution < 1.29 is 19.1 Å². The highest BCUT2D eigenvalue weighted by atomic mass is 35.5. The van der Waals surface area contributed by atoms with Gasteiger partial charge in [-0.25, -0.2) is 0 Å². The molecule has 2 aliphatic heterocycles. The van der Waals surface area contributed by atoms with Crippen molar-refractivity contribution in [3.63, 3.8) is 0 Å². The van der Waals surface area contributed by atoms with Gasteiger partial charge in [0.25, 0.3) is 11.5 Å². The molecule has 4 heterocycles. The van der Waals surface area contributed by atoms with E-state index in [0.29, 0.717) is 44.2 Å². The third kappa shape index (κ3) is 4.07. The van der Waals surface area contributed by atoms with Gasteiger partial charge >= 0.3 is 0 Å². The maximum atomic E-state index is 13.7. The van der Waals surface area contributed by atoms with Crippen molar-refractivity contribution in [2.45, 2.75) is 6.10 Å². The molecule has 40 heavy (non-hydrogen) atoms. The molecule has 0 bridgehead atoms. The summed E-state index contributed by atoms with van der Waals surface area (Å²) >= 11 is 6.99. The second-order valence-electron chi connectivity index (χ2n) is 9.10. The van der Waals surface area contributed by atoms with Crippen LogP contribution in [0, 0.1) is 0 Å². The highest BCUT2D eigenvalue weighted by molar-refractivity contribution is 7.15. The summed E-state index contributed by atoms with van der Waals surface area (Å²) in [4.78, 5) is 46.2. The largest absolute Gasteiger partial charge is 0.485 e. The van der Waals surface area contributed by atoms with Gasteiger partial charge in [-0.3, -0.25) is 19.3 Å². The second kappa shape index (κ2) is 9.47. The number of fused-ring (bicyclic) bond motifs is 3. The molecule has 5 aromatic rings. The number of carbonyl (C=O) groups excluding carboxylic acids is 2. The van der Waals surface area contributed by atoms with E-state index in [0.717, 1.165) is 11.3 Å². The lowest BCUT2D eigenvalue weighted by atomic mass is 10.1. The van der Waals surface area contributed by atoms with E-state index in [1.54, 1.807) is 54.6 Å². The molecule has 0 spiro atoms. The van der Waals surface area contributed by atoms with E-state index in [1.165, 1.54) is 9.42 Å². The lowest BCUT2D eigenvalue weighted by Gasteiger charge is -2.24. The van der Waals surface area contributed by atoms with Crippen LogP contribution in [0.2, 0.25) is 5.02 Å². The van der Waals surface area contributed by atoms with Crippen LogP contribution in [-0.2, 0) is 9.59 Å². The van der Waals surface area contributed by atoms with Gasteiger partial charge in [0.15, 0.2) is 23.4 Å². The topological polar surface area (TPSA) is 115 Å². The molecule has 2 amide bonds. The fraction of sp³-hybridized carbons (Fsp3) is 0.107. The summed E-state index contributed by atoms with van der Waals surface area (Å²) in [7, 11) is 0. The van der Waals surface area contributed by atoms with Crippen LogP contribution in [-0.4, -0.2) is 39.6 Å². The average Bonchev–Trinajstić information content (AvgIpc) is 3.60. The summed E-state index contributed by atoms with van der Waals surface area (Å²) in [6.45, 7) is -0.0340. The number of aromatic nitrogens is 3. The summed E-state index contributed by atoms with van der Waals surface area (Å²) in [5, 5.41) is 7.70. The zero-order valence-corrected chi connectivity index (χ0v) is 22.1. The average molecular weight is 572 g/mol. The molecule has 1 atom stereocenters. The van der Waals surface area contributed by atoms with E-state index < -0.39 is 23.5 Å². The molecule has 1 unspecified atom stereocenters. The minimum absolute atomic E-state index is 0.200. The lowest BCUT2D eigenvalue weighted by Crippen LogP contribution is -2.37. The number of hydrogen-bond donors (Lipinski definition) is 1. The molecule has 2 aromatic heterocycles. The highest BCUT2D eigenvalue weighted by Gasteiger charge is 2.36. The van der Waals surface area contributed by atoms with Crippen LogP contribution in [0.5, 0.6) is 11.5 Å². The third-order valence-corrected chi connectivity index (χ3v) is 7.83. The molecule has 10 nitrogen and oxygen atoms in total. The van der Waals surface area contributed by atoms with Crippen molar-refractivity contribution in [1.29, 1.82) is 0 Å². The molecule has 0 saturated heterocycles. The molecule has 3 aromatic carbocycles. The fourth-order valence-electron chi connectivity index (χ4n) is 4.72. The number of thiazole rings is 1. The summed E-state index contributed by atoms with van der Waals surface area (Å²) in [6, 6.07) is 21.0. The smallest absolute Gasteiger partial charge is 0.291 e. The van der Waals surface area contributed by atoms with Gasteiger partial charge in [-0.2, -0.15) is 9.50 Å². The van der Waals surface area contributed by atoms with Crippen LogP contribution in [0.4, 0.5) is 11.4 Å². The van der Waals surface area contributed by atoms with Gasteiger partial charge in [0.2, 0.25) is 10.9 Å². The van der Waals surface area contributed by atoms with Crippen molar-refractivity contribution in [3.8, 4) is 11.5 Å². The number of nitrogens with zero attached hydrogens (tertiary/aromatic N) is 4. The molecule has 0 fully saturated rings. The van der Waals surface area contributed by atoms with Gasteiger partial charge < -0.3 is 14.8 Å². The number of para-hydroxylation sites is 3. The van der Waals surface area contributed by atoms with Gasteiger partial charge in [-0.1, -0.05) is 53.3 Å². The number of nitrogens with one attached hydrogen (secondary N) is 1. The zero-order valence-electron chi connectivity index (χ0n) is 20.5. The molecule has 7 rings (SSSR count). The van der Waals surface area contributed by atoms with E-state index in [9.17, 15) is 14.4 Å². The quantitative estimate of drug-likeness (QED) is 0.352. The maximum absolute atomic E-state index is 13.7. The zero-order chi connectivity index (χ0) is 27.4. The predicted molar refractivity (Wildman–Crippen MR) is 149 cm³/mol. The summed E-state index contributed by atoms with van der Waals surface area (Å²) < 4.78 is 13.1. The van der Waals surface area contributed by atoms with Crippen molar-refractivity contribution >= 4 is 56.7 Å². The summed E-state index contributed by atoms with van der Waals surface area (Å²) in [5.41, 5.74) is 1.40. The third-order valence-electron chi connectivity index (χ3n) is 6.55. The monoisotopic (exact) mass is 571 g/mol. The summed E-state index contributed by atoms with van der Waals surface area (Å²) in [5.74, 6) is 0.678. The number of hydrogen-bond acceptors (Lipinski definition) is 8. The van der Waals surface area contributed by atoms with E-state index in [2.05, 4.69) is 15.4 Å². The SMILES string of the molecule is O=C(CN1C(=O)C(=c2sc3nc(C4COc5ccccc5O4)nn3c2=O)c2ccccc21)Nc1ccc(Cl)cc1. The van der Waals surface area contributed by atoms with Gasteiger partial charge in [-0.05, 0) is 42.5 Å². The van der Waals surface area contributed by atoms with Gasteiger partial charge in [0.05, 0.1) is 11.3 Å². The van der Waals surface area contributed by atoms with Crippen LogP contribution in [0.3, 0.4) is 0 Å². The molecule has 2 aliphatic rings. The number of amides is 2. The number of benzene rings is 3. The van der Waals surface area contributed by atoms with Gasteiger partial charge in [0.1, 0.15) is 17.7 Å². The molecule has 0 radical (unpaired) electrons. The van der Waals surface area contributed by atoms with Crippen LogP contribution in [0.1, 0.15) is 17.5 Å². The Hall–Kier alpha value is -4.74. The number of carbonyl (C=O) groups is 2. The highest BCUT2D eigenvalue weighted by Crippen LogP contribution is 2.36. The van der Waals surface area contributed by atoms with Crippen LogP contribution >= 0.6 is 22.9 Å². The Balaban J connectivity index is 1.22. The Labute approximate surface area is 235 Å². The first-order chi connectivity index (χ1) is 19.5. The second-order valence-corrected chi connectivity index (χ2v) is 10.5. The van der Waals surface area contributed by atoms with E-state index in [4.69, 9.17) is 21.1 Å². The van der Waals surface area contributed by atoms with E-state index in [-0.39, 0.29) is 23.3 Å². The summed E-state index contributed by atoms with van der Waals surface area (Å²) in [6.07, 6.45) is -0.582. The standard InChI is InChI=1S/C28H18ClN5O5S/c29-15-9-11-16(12-10-15)30-22(35)13-33-18-6-2-1-5-17(18)23(26(33)36)24-27(37)34-28(40-24)31-25(32-34)21-14-38-19-7-3-4-8-20(19)39-21/h1-12,21H,13-14H2,(H,30,35). The Morgan fingerprint density at radius 1 is 1.02 bits per heavy atom. The first kappa shape index (κ1) is 24.3. The molecular formula is C28H18ClN5O5S. The predicted octanol–water partition coefficient (Wildman–Crippen LogP) is 3.22. The van der Waals surface area contributed by atoms with Crippen LogP contribution in [0.15, 0.2) is 77.6 Å². The fourth-order valence-corrected chi connectivity index (χ4v) is 5.85. The Kier molecular flexibility index (Phi) is 5.76. The number of halogens is 1. The maximum Gasteiger partial charge on any atom is 0.291 e. The first-order valence-electron chi connectivity index (χ1n) is 12.3. The molecule has 12 heteroatoms. The minimum Gasteiger partial charge on any atom is -0.485 e. The minimum atomic E-state index is -0.582. The Morgan fingerprint density at radius 2 is 1.77 bits per heavy atom. The Morgan fingerprint density at radius 3 is 2.58 bits per heavy atom. The number of ether oxygens (including phenoxy) is 2. The molecule has 198 valence electrons. The normalized spacial score (nSPS) is 17.3. The molecule has 0 aliphatic carbocycles. The van der Waals surface area contributed by atoms with Crippen molar-refractivity contribution in [1.82, 2.24) is 14.6 Å². The van der Waals surface area contributed by atoms with Crippen LogP contribution < -0.4 is 29.8 Å². The van der Waals surface area contributed by atoms with E-state index in [1.807, 2.05) is 18.2 Å². The molecule has 0 saturated carbocycles. The van der Waals surface area contributed by atoms with Gasteiger partial charge in [0, 0.05) is 16.3 Å². The lowest BCUT2D eigenvalue weighted by molar-refractivity contribution is -0.118. The molecule has 1 N–H and O–H groups in total. The van der Waals surface area contributed by atoms with Gasteiger partial charge in [-0.15, -0.1) is 5.10 Å². The Bertz CT molecular complexity index is 1940. The van der Waals surface area contributed by atoms with Crippen LogP contribution in [0.25, 0.3) is 10.5 Å². The number of anilines is 2. The molecular weight excluding hydrogens is 554 g/mol.